The largest absolute Gasteiger partial charge is 0.477 e. The van der Waals surface area contributed by atoms with Gasteiger partial charge in [0.25, 0.3) is 5.91 Å². The lowest BCUT2D eigenvalue weighted by Crippen LogP contribution is -2.26. The summed E-state index contributed by atoms with van der Waals surface area (Å²) in [4.78, 5) is 18.2. The van der Waals surface area contributed by atoms with Crippen molar-refractivity contribution in [3.05, 3.63) is 59.8 Å². The summed E-state index contributed by atoms with van der Waals surface area (Å²) < 4.78 is 5.40. The van der Waals surface area contributed by atoms with Gasteiger partial charge in [0.1, 0.15) is 5.56 Å². The first-order valence-corrected chi connectivity index (χ1v) is 6.59. The zero-order valence-electron chi connectivity index (χ0n) is 11.7. The molecule has 0 aliphatic carbocycles. The van der Waals surface area contributed by atoms with Gasteiger partial charge in [-0.25, -0.2) is 4.98 Å². The fourth-order valence-electron chi connectivity index (χ4n) is 1.94. The number of hydrogen-bond donors (Lipinski definition) is 0. The van der Waals surface area contributed by atoms with Crippen molar-refractivity contribution < 1.29 is 9.53 Å². The van der Waals surface area contributed by atoms with Gasteiger partial charge in [-0.15, -0.1) is 0 Å². The highest BCUT2D eigenvalue weighted by Crippen LogP contribution is 2.17. The SMILES string of the molecule is CCOc1ncccc1C(=O)N(C)Cc1ccccc1. The zero-order valence-corrected chi connectivity index (χ0v) is 11.7. The maximum absolute atomic E-state index is 12.5. The standard InChI is InChI=1S/C16H18N2O2/c1-3-20-15-14(10-7-11-17-15)16(19)18(2)12-13-8-5-4-6-9-13/h4-11H,3,12H2,1-2H3. The number of benzene rings is 1. The van der Waals surface area contributed by atoms with Gasteiger partial charge in [-0.2, -0.15) is 0 Å². The lowest BCUT2D eigenvalue weighted by Gasteiger charge is -2.18. The first-order chi connectivity index (χ1) is 9.72. The molecule has 2 rings (SSSR count). The van der Waals surface area contributed by atoms with E-state index in [0.29, 0.717) is 24.6 Å². The summed E-state index contributed by atoms with van der Waals surface area (Å²) in [5, 5.41) is 0. The number of amides is 1. The monoisotopic (exact) mass is 270 g/mol. The van der Waals surface area contributed by atoms with E-state index in [9.17, 15) is 4.79 Å². The predicted octanol–water partition coefficient (Wildman–Crippen LogP) is 2.75. The first kappa shape index (κ1) is 14.1. The highest BCUT2D eigenvalue weighted by atomic mass is 16.5. The highest BCUT2D eigenvalue weighted by Gasteiger charge is 2.17. The second-order valence-electron chi connectivity index (χ2n) is 4.44. The molecule has 0 saturated carbocycles. The lowest BCUT2D eigenvalue weighted by atomic mass is 10.2. The summed E-state index contributed by atoms with van der Waals surface area (Å²) >= 11 is 0. The van der Waals surface area contributed by atoms with Crippen LogP contribution in [0.4, 0.5) is 0 Å². The smallest absolute Gasteiger partial charge is 0.259 e. The van der Waals surface area contributed by atoms with E-state index >= 15 is 0 Å². The van der Waals surface area contributed by atoms with Crippen LogP contribution in [0.1, 0.15) is 22.8 Å². The second-order valence-corrected chi connectivity index (χ2v) is 4.44. The van der Waals surface area contributed by atoms with Gasteiger partial charge in [0.15, 0.2) is 0 Å². The molecule has 0 atom stereocenters. The average molecular weight is 270 g/mol. The normalized spacial score (nSPS) is 10.1. The van der Waals surface area contributed by atoms with Crippen molar-refractivity contribution in [2.45, 2.75) is 13.5 Å². The Kier molecular flexibility index (Phi) is 4.71. The van der Waals surface area contributed by atoms with Crippen LogP contribution in [0.15, 0.2) is 48.7 Å². The van der Waals surface area contributed by atoms with Gasteiger partial charge in [0.05, 0.1) is 6.61 Å². The van der Waals surface area contributed by atoms with Gasteiger partial charge in [-0.05, 0) is 24.6 Å². The molecule has 2 aromatic rings. The minimum absolute atomic E-state index is 0.0922. The highest BCUT2D eigenvalue weighted by molar-refractivity contribution is 5.96. The number of rotatable bonds is 5. The molecule has 0 unspecified atom stereocenters. The van der Waals surface area contributed by atoms with E-state index in [2.05, 4.69) is 4.98 Å². The number of aromatic nitrogens is 1. The molecule has 0 fully saturated rings. The van der Waals surface area contributed by atoms with Gasteiger partial charge < -0.3 is 9.64 Å². The Hall–Kier alpha value is -2.36. The van der Waals surface area contributed by atoms with Crippen LogP contribution in [0.3, 0.4) is 0 Å². The van der Waals surface area contributed by atoms with Gasteiger partial charge in [0, 0.05) is 19.8 Å². The Morgan fingerprint density at radius 3 is 2.65 bits per heavy atom. The second kappa shape index (κ2) is 6.70. The number of nitrogens with zero attached hydrogens (tertiary/aromatic N) is 2. The molecule has 1 amide bonds. The molecule has 0 aliphatic rings. The molecule has 4 nitrogen and oxygen atoms in total. The lowest BCUT2D eigenvalue weighted by molar-refractivity contribution is 0.0780. The Labute approximate surface area is 119 Å². The van der Waals surface area contributed by atoms with E-state index in [4.69, 9.17) is 4.74 Å². The fraction of sp³-hybridized carbons (Fsp3) is 0.250. The third-order valence-electron chi connectivity index (χ3n) is 2.89. The van der Waals surface area contributed by atoms with E-state index in [-0.39, 0.29) is 5.91 Å². The number of pyridine rings is 1. The first-order valence-electron chi connectivity index (χ1n) is 6.59. The summed E-state index contributed by atoms with van der Waals surface area (Å²) in [6.45, 7) is 2.91. The molecule has 1 aromatic carbocycles. The van der Waals surface area contributed by atoms with Crippen molar-refractivity contribution in [3.63, 3.8) is 0 Å². The Morgan fingerprint density at radius 2 is 1.95 bits per heavy atom. The predicted molar refractivity (Wildman–Crippen MR) is 77.6 cm³/mol. The van der Waals surface area contributed by atoms with Crippen LogP contribution < -0.4 is 4.74 Å². The maximum Gasteiger partial charge on any atom is 0.259 e. The van der Waals surface area contributed by atoms with E-state index in [0.717, 1.165) is 5.56 Å². The summed E-state index contributed by atoms with van der Waals surface area (Å²) in [6, 6.07) is 13.4. The third kappa shape index (κ3) is 3.35. The molecule has 104 valence electrons. The number of ether oxygens (including phenoxy) is 1. The minimum Gasteiger partial charge on any atom is -0.477 e. The van der Waals surface area contributed by atoms with Crippen LogP contribution in [0.5, 0.6) is 5.88 Å². The van der Waals surface area contributed by atoms with Gasteiger partial charge in [0.2, 0.25) is 5.88 Å². The van der Waals surface area contributed by atoms with Crippen molar-refractivity contribution in [1.29, 1.82) is 0 Å². The summed E-state index contributed by atoms with van der Waals surface area (Å²) in [5.41, 5.74) is 1.58. The zero-order chi connectivity index (χ0) is 14.4. The average Bonchev–Trinajstić information content (AvgIpc) is 2.48. The van der Waals surface area contributed by atoms with Gasteiger partial charge in [-0.1, -0.05) is 30.3 Å². The molecule has 0 aliphatic heterocycles. The third-order valence-corrected chi connectivity index (χ3v) is 2.89. The van der Waals surface area contributed by atoms with E-state index in [1.165, 1.54) is 0 Å². The van der Waals surface area contributed by atoms with E-state index in [1.807, 2.05) is 37.3 Å². The van der Waals surface area contributed by atoms with Crippen LogP contribution in [-0.2, 0) is 6.54 Å². The molecule has 0 bridgehead atoms. The number of carbonyl (C=O) groups is 1. The van der Waals surface area contributed by atoms with Crippen LogP contribution in [0.25, 0.3) is 0 Å². The molecular weight excluding hydrogens is 252 g/mol. The topological polar surface area (TPSA) is 42.4 Å². The van der Waals surface area contributed by atoms with Gasteiger partial charge >= 0.3 is 0 Å². The van der Waals surface area contributed by atoms with E-state index < -0.39 is 0 Å². The van der Waals surface area contributed by atoms with Crippen molar-refractivity contribution in [2.75, 3.05) is 13.7 Å². The van der Waals surface area contributed by atoms with Crippen LogP contribution in [0.2, 0.25) is 0 Å². The molecule has 1 heterocycles. The van der Waals surface area contributed by atoms with Gasteiger partial charge in [-0.3, -0.25) is 4.79 Å². The fourth-order valence-corrected chi connectivity index (χ4v) is 1.94. The molecular formula is C16H18N2O2. The summed E-state index contributed by atoms with van der Waals surface area (Å²) in [5.74, 6) is 0.297. The summed E-state index contributed by atoms with van der Waals surface area (Å²) in [6.07, 6.45) is 1.62. The number of carbonyl (C=O) groups excluding carboxylic acids is 1. The molecule has 0 saturated heterocycles. The van der Waals surface area contributed by atoms with Crippen LogP contribution >= 0.6 is 0 Å². The molecule has 1 aromatic heterocycles. The Bertz CT molecular complexity index is 570. The maximum atomic E-state index is 12.5. The summed E-state index contributed by atoms with van der Waals surface area (Å²) in [7, 11) is 1.78. The van der Waals surface area contributed by atoms with E-state index in [1.54, 1.807) is 30.3 Å². The quantitative estimate of drug-likeness (QED) is 0.839. The molecule has 0 N–H and O–H groups in total. The van der Waals surface area contributed by atoms with Crippen LogP contribution in [0, 0.1) is 0 Å². The van der Waals surface area contributed by atoms with Crippen molar-refractivity contribution >= 4 is 5.91 Å². The van der Waals surface area contributed by atoms with Crippen LogP contribution in [-0.4, -0.2) is 29.4 Å². The molecule has 20 heavy (non-hydrogen) atoms. The van der Waals surface area contributed by atoms with Crippen molar-refractivity contribution in [3.8, 4) is 5.88 Å². The molecule has 0 spiro atoms. The minimum atomic E-state index is -0.0922. The molecule has 0 radical (unpaired) electrons. The Morgan fingerprint density at radius 1 is 1.20 bits per heavy atom. The molecule has 4 heteroatoms. The Balaban J connectivity index is 2.14. The van der Waals surface area contributed by atoms with Crippen molar-refractivity contribution in [1.82, 2.24) is 9.88 Å². The number of hydrogen-bond acceptors (Lipinski definition) is 3. The van der Waals surface area contributed by atoms with Crippen molar-refractivity contribution in [2.24, 2.45) is 0 Å².